The van der Waals surface area contributed by atoms with Gasteiger partial charge in [-0.15, -0.1) is 0 Å². The molecule has 2 heterocycles. The summed E-state index contributed by atoms with van der Waals surface area (Å²) in [6.07, 6.45) is 5.27. The van der Waals surface area contributed by atoms with Gasteiger partial charge < -0.3 is 15.6 Å². The van der Waals surface area contributed by atoms with E-state index in [-0.39, 0.29) is 11.9 Å². The van der Waals surface area contributed by atoms with E-state index in [2.05, 4.69) is 15.4 Å². The molecule has 7 nitrogen and oxygen atoms in total. The van der Waals surface area contributed by atoms with Crippen LogP contribution in [0, 0.1) is 6.92 Å². The van der Waals surface area contributed by atoms with Crippen LogP contribution in [0.3, 0.4) is 0 Å². The molecule has 1 unspecified atom stereocenters. The van der Waals surface area contributed by atoms with Gasteiger partial charge in [0.2, 0.25) is 0 Å². The van der Waals surface area contributed by atoms with Gasteiger partial charge >= 0.3 is 0 Å². The van der Waals surface area contributed by atoms with Crippen LogP contribution in [0.25, 0.3) is 0 Å². The van der Waals surface area contributed by atoms with E-state index in [4.69, 9.17) is 5.73 Å². The first-order valence-electron chi connectivity index (χ1n) is 6.04. The van der Waals surface area contributed by atoms with Gasteiger partial charge in [-0.05, 0) is 13.8 Å². The molecule has 1 amide bonds. The van der Waals surface area contributed by atoms with E-state index in [0.717, 1.165) is 0 Å². The molecule has 0 aliphatic rings. The maximum atomic E-state index is 12.2. The summed E-state index contributed by atoms with van der Waals surface area (Å²) >= 11 is 0. The summed E-state index contributed by atoms with van der Waals surface area (Å²) in [4.78, 5) is 16.1. The van der Waals surface area contributed by atoms with E-state index in [1.54, 1.807) is 26.5 Å². The number of aromatic nitrogens is 4. The van der Waals surface area contributed by atoms with Gasteiger partial charge in [0.05, 0.1) is 17.7 Å². The molecule has 0 bridgehead atoms. The molecule has 3 N–H and O–H groups in total. The summed E-state index contributed by atoms with van der Waals surface area (Å²) in [6, 6.07) is -0.0312. The second-order valence-corrected chi connectivity index (χ2v) is 4.61. The zero-order chi connectivity index (χ0) is 14.0. The van der Waals surface area contributed by atoms with E-state index in [9.17, 15) is 4.79 Å². The number of carbonyl (C=O) groups excluding carboxylic acids is 1. The minimum Gasteiger partial charge on any atom is -0.395 e. The lowest BCUT2D eigenvalue weighted by Gasteiger charge is -2.14. The SMILES string of the molecule is Cc1nn(C)c(C(=O)NC(C)Cn2ccnc2)c1N. The number of aryl methyl sites for hydroxylation is 2. The average Bonchev–Trinajstić information content (AvgIpc) is 2.88. The van der Waals surface area contributed by atoms with Crippen LogP contribution in [0.2, 0.25) is 0 Å². The lowest BCUT2D eigenvalue weighted by Crippen LogP contribution is -2.36. The minimum atomic E-state index is -0.215. The quantitative estimate of drug-likeness (QED) is 0.830. The zero-order valence-corrected chi connectivity index (χ0v) is 11.3. The number of hydrogen-bond acceptors (Lipinski definition) is 4. The normalized spacial score (nSPS) is 12.4. The Bertz CT molecular complexity index is 571. The summed E-state index contributed by atoms with van der Waals surface area (Å²) in [6.45, 7) is 4.36. The van der Waals surface area contributed by atoms with Crippen molar-refractivity contribution in [3.8, 4) is 0 Å². The molecule has 19 heavy (non-hydrogen) atoms. The van der Waals surface area contributed by atoms with Crippen molar-refractivity contribution in [3.05, 3.63) is 30.1 Å². The summed E-state index contributed by atoms with van der Waals surface area (Å²) in [5.41, 5.74) is 7.34. The highest BCUT2D eigenvalue weighted by molar-refractivity contribution is 5.98. The number of nitrogens with zero attached hydrogens (tertiary/aromatic N) is 4. The van der Waals surface area contributed by atoms with Gasteiger partial charge in [0.15, 0.2) is 0 Å². The average molecular weight is 262 g/mol. The van der Waals surface area contributed by atoms with Crippen LogP contribution in [-0.2, 0) is 13.6 Å². The fraction of sp³-hybridized carbons (Fsp3) is 0.417. The summed E-state index contributed by atoms with van der Waals surface area (Å²) in [5, 5.41) is 7.03. The van der Waals surface area contributed by atoms with Crippen LogP contribution in [0.4, 0.5) is 5.69 Å². The highest BCUT2D eigenvalue weighted by atomic mass is 16.2. The first kappa shape index (κ1) is 13.1. The Morgan fingerprint density at radius 3 is 2.84 bits per heavy atom. The van der Waals surface area contributed by atoms with Crippen LogP contribution in [0.15, 0.2) is 18.7 Å². The molecule has 2 rings (SSSR count). The van der Waals surface area contributed by atoms with Crippen molar-refractivity contribution in [2.45, 2.75) is 26.4 Å². The summed E-state index contributed by atoms with van der Waals surface area (Å²) in [5.74, 6) is -0.215. The predicted octanol–water partition coefficient (Wildman–Crippen LogP) is 0.326. The van der Waals surface area contributed by atoms with E-state index in [1.165, 1.54) is 4.68 Å². The number of hydrogen-bond donors (Lipinski definition) is 2. The first-order chi connectivity index (χ1) is 8.99. The molecule has 1 atom stereocenters. The van der Waals surface area contributed by atoms with Crippen molar-refractivity contribution < 1.29 is 4.79 Å². The summed E-state index contributed by atoms with van der Waals surface area (Å²) in [7, 11) is 1.71. The van der Waals surface area contributed by atoms with Gasteiger partial charge in [-0.1, -0.05) is 0 Å². The standard InChI is InChI=1S/C12H18N6O/c1-8(6-18-5-4-14-7-18)15-12(19)11-10(13)9(2)16-17(11)3/h4-5,7-8H,6,13H2,1-3H3,(H,15,19). The highest BCUT2D eigenvalue weighted by Gasteiger charge is 2.19. The van der Waals surface area contributed by atoms with Gasteiger partial charge in [-0.3, -0.25) is 9.48 Å². The molecule has 0 radical (unpaired) electrons. The van der Waals surface area contributed by atoms with Gasteiger partial charge in [0.1, 0.15) is 5.69 Å². The Labute approximate surface area is 111 Å². The number of amides is 1. The third kappa shape index (κ3) is 2.75. The van der Waals surface area contributed by atoms with E-state index in [1.807, 2.05) is 17.7 Å². The lowest BCUT2D eigenvalue weighted by molar-refractivity contribution is 0.0928. The molecule has 7 heteroatoms. The van der Waals surface area contributed by atoms with Crippen molar-refractivity contribution in [3.63, 3.8) is 0 Å². The number of nitrogen functional groups attached to an aromatic ring is 1. The van der Waals surface area contributed by atoms with Crippen LogP contribution in [0.1, 0.15) is 23.1 Å². The third-order valence-electron chi connectivity index (χ3n) is 2.90. The Kier molecular flexibility index (Phi) is 3.55. The van der Waals surface area contributed by atoms with Crippen molar-refractivity contribution in [1.29, 1.82) is 0 Å². The molecule has 2 aromatic rings. The predicted molar refractivity (Wildman–Crippen MR) is 71.5 cm³/mol. The Morgan fingerprint density at radius 2 is 2.32 bits per heavy atom. The van der Waals surface area contributed by atoms with Crippen LogP contribution < -0.4 is 11.1 Å². The topological polar surface area (TPSA) is 90.8 Å². The second-order valence-electron chi connectivity index (χ2n) is 4.61. The van der Waals surface area contributed by atoms with Gasteiger partial charge in [0, 0.05) is 32.0 Å². The number of nitrogens with one attached hydrogen (secondary N) is 1. The molecule has 0 aliphatic heterocycles. The lowest BCUT2D eigenvalue weighted by atomic mass is 10.2. The van der Waals surface area contributed by atoms with Crippen molar-refractivity contribution in [2.24, 2.45) is 7.05 Å². The van der Waals surface area contributed by atoms with Crippen molar-refractivity contribution in [1.82, 2.24) is 24.6 Å². The van der Waals surface area contributed by atoms with E-state index < -0.39 is 0 Å². The molecule has 0 spiro atoms. The number of nitrogens with two attached hydrogens (primary N) is 1. The molecule has 102 valence electrons. The molecular weight excluding hydrogens is 244 g/mol. The molecule has 2 aromatic heterocycles. The summed E-state index contributed by atoms with van der Waals surface area (Å²) < 4.78 is 3.41. The Balaban J connectivity index is 2.04. The molecule has 0 saturated carbocycles. The van der Waals surface area contributed by atoms with Crippen LogP contribution in [-0.4, -0.2) is 31.3 Å². The number of imidazole rings is 1. The smallest absolute Gasteiger partial charge is 0.271 e. The van der Waals surface area contributed by atoms with Gasteiger partial charge in [-0.25, -0.2) is 4.98 Å². The third-order valence-corrected chi connectivity index (χ3v) is 2.90. The van der Waals surface area contributed by atoms with Crippen molar-refractivity contribution >= 4 is 11.6 Å². The Hall–Kier alpha value is -2.31. The highest BCUT2D eigenvalue weighted by Crippen LogP contribution is 2.15. The van der Waals surface area contributed by atoms with E-state index >= 15 is 0 Å². The number of rotatable bonds is 4. The minimum absolute atomic E-state index is 0.0312. The maximum absolute atomic E-state index is 12.2. The van der Waals surface area contributed by atoms with E-state index in [0.29, 0.717) is 23.6 Å². The second kappa shape index (κ2) is 5.13. The molecule has 0 fully saturated rings. The van der Waals surface area contributed by atoms with Crippen LogP contribution in [0.5, 0.6) is 0 Å². The van der Waals surface area contributed by atoms with Crippen LogP contribution >= 0.6 is 0 Å². The maximum Gasteiger partial charge on any atom is 0.271 e. The molecule has 0 saturated heterocycles. The number of carbonyl (C=O) groups is 1. The monoisotopic (exact) mass is 262 g/mol. The fourth-order valence-corrected chi connectivity index (χ4v) is 1.99. The molecule has 0 aromatic carbocycles. The van der Waals surface area contributed by atoms with Crippen molar-refractivity contribution in [2.75, 3.05) is 5.73 Å². The Morgan fingerprint density at radius 1 is 1.58 bits per heavy atom. The zero-order valence-electron chi connectivity index (χ0n) is 11.3. The number of anilines is 1. The first-order valence-corrected chi connectivity index (χ1v) is 6.04. The largest absolute Gasteiger partial charge is 0.395 e. The van der Waals surface area contributed by atoms with Gasteiger partial charge in [0.25, 0.3) is 5.91 Å². The molecular formula is C12H18N6O. The van der Waals surface area contributed by atoms with Gasteiger partial charge in [-0.2, -0.15) is 5.10 Å². The fourth-order valence-electron chi connectivity index (χ4n) is 1.99. The molecule has 0 aliphatic carbocycles.